The number of rotatable bonds is 4. The highest BCUT2D eigenvalue weighted by atomic mass is 32.2. The van der Waals surface area contributed by atoms with Crippen molar-refractivity contribution in [2.45, 2.75) is 31.6 Å². The summed E-state index contributed by atoms with van der Waals surface area (Å²) < 4.78 is 0. The minimum atomic E-state index is 0.00218. The van der Waals surface area contributed by atoms with Gasteiger partial charge in [-0.1, -0.05) is 37.3 Å². The molecule has 2 nitrogen and oxygen atoms in total. The third-order valence-electron chi connectivity index (χ3n) is 3.61. The topological polar surface area (TPSA) is 20.3 Å². The lowest BCUT2D eigenvalue weighted by atomic mass is 10.0. The molecular weight excluding hydrogens is 242 g/mol. The number of Topliss-reactive ketones (excluding diaryl/α,β-unsaturated/α-hetero) is 1. The van der Waals surface area contributed by atoms with Crippen LogP contribution in [0.25, 0.3) is 0 Å². The first-order valence-electron chi connectivity index (χ1n) is 6.67. The van der Waals surface area contributed by atoms with Crippen molar-refractivity contribution in [2.24, 2.45) is 0 Å². The summed E-state index contributed by atoms with van der Waals surface area (Å²) in [5.74, 6) is 1.39. The molecule has 0 radical (unpaired) electrons. The van der Waals surface area contributed by atoms with E-state index in [0.717, 1.165) is 24.4 Å². The summed E-state index contributed by atoms with van der Waals surface area (Å²) in [6.07, 6.45) is 1.19. The maximum atomic E-state index is 12.4. The van der Waals surface area contributed by atoms with Crippen LogP contribution in [0.2, 0.25) is 0 Å². The Morgan fingerprint density at radius 1 is 1.44 bits per heavy atom. The molecule has 2 unspecified atom stereocenters. The monoisotopic (exact) mass is 263 g/mol. The van der Waals surface area contributed by atoms with Gasteiger partial charge in [-0.2, -0.15) is 11.8 Å². The fourth-order valence-corrected chi connectivity index (χ4v) is 3.56. The number of carbonyl (C=O) groups excluding carboxylic acids is 1. The maximum absolute atomic E-state index is 12.4. The smallest absolute Gasteiger partial charge is 0.179 e. The third kappa shape index (κ3) is 3.15. The van der Waals surface area contributed by atoms with Crippen molar-refractivity contribution >= 4 is 17.5 Å². The summed E-state index contributed by atoms with van der Waals surface area (Å²) in [7, 11) is 0. The number of ketones is 1. The third-order valence-corrected chi connectivity index (χ3v) is 4.98. The Morgan fingerprint density at radius 3 is 2.83 bits per heavy atom. The summed E-state index contributed by atoms with van der Waals surface area (Å²) >= 11 is 2.04. The van der Waals surface area contributed by atoms with Crippen LogP contribution in [0.15, 0.2) is 30.3 Å². The van der Waals surface area contributed by atoms with E-state index in [9.17, 15) is 4.79 Å². The van der Waals surface area contributed by atoms with Crippen molar-refractivity contribution in [3.05, 3.63) is 35.9 Å². The zero-order valence-corrected chi connectivity index (χ0v) is 12.0. The Morgan fingerprint density at radius 2 is 2.17 bits per heavy atom. The van der Waals surface area contributed by atoms with Crippen molar-refractivity contribution in [3.8, 4) is 0 Å². The van der Waals surface area contributed by atoms with Gasteiger partial charge in [0.05, 0.1) is 6.04 Å². The second kappa shape index (κ2) is 6.39. The van der Waals surface area contributed by atoms with Crippen LogP contribution >= 0.6 is 11.8 Å². The van der Waals surface area contributed by atoms with Crippen LogP contribution in [0.3, 0.4) is 0 Å². The van der Waals surface area contributed by atoms with Gasteiger partial charge < -0.3 is 0 Å². The van der Waals surface area contributed by atoms with Crippen LogP contribution in [-0.4, -0.2) is 40.8 Å². The number of carbonyl (C=O) groups is 1. The standard InChI is InChI=1S/C15H21NOS/c1-3-14-11-16(9-10-18-14)12(2)15(17)13-7-5-4-6-8-13/h4-8,12,14H,3,9-11H2,1-2H3. The molecule has 0 aromatic heterocycles. The zero-order chi connectivity index (χ0) is 13.0. The first-order chi connectivity index (χ1) is 8.72. The fourth-order valence-electron chi connectivity index (χ4n) is 2.35. The second-order valence-electron chi connectivity index (χ2n) is 4.80. The molecule has 0 N–H and O–H groups in total. The highest BCUT2D eigenvalue weighted by molar-refractivity contribution is 8.00. The predicted octanol–water partition coefficient (Wildman–Crippen LogP) is 3.09. The first kappa shape index (κ1) is 13.6. The van der Waals surface area contributed by atoms with Gasteiger partial charge in [0.15, 0.2) is 5.78 Å². The largest absolute Gasteiger partial charge is 0.292 e. The van der Waals surface area contributed by atoms with Crippen molar-refractivity contribution in [1.82, 2.24) is 4.90 Å². The number of benzene rings is 1. The zero-order valence-electron chi connectivity index (χ0n) is 11.1. The summed E-state index contributed by atoms with van der Waals surface area (Å²) in [6.45, 7) is 6.34. The van der Waals surface area contributed by atoms with Crippen LogP contribution < -0.4 is 0 Å². The average molecular weight is 263 g/mol. The van der Waals surface area contributed by atoms with Gasteiger partial charge in [0.1, 0.15) is 0 Å². The van der Waals surface area contributed by atoms with E-state index in [0.29, 0.717) is 5.25 Å². The highest BCUT2D eigenvalue weighted by Gasteiger charge is 2.27. The van der Waals surface area contributed by atoms with Crippen LogP contribution in [0, 0.1) is 0 Å². The Hall–Kier alpha value is -0.800. The van der Waals surface area contributed by atoms with Gasteiger partial charge in [-0.15, -0.1) is 0 Å². The molecule has 0 amide bonds. The lowest BCUT2D eigenvalue weighted by Gasteiger charge is -2.35. The molecular formula is C15H21NOS. The number of nitrogens with zero attached hydrogens (tertiary/aromatic N) is 1. The fraction of sp³-hybridized carbons (Fsp3) is 0.533. The SMILES string of the molecule is CCC1CN(C(C)C(=O)c2ccccc2)CCS1. The highest BCUT2D eigenvalue weighted by Crippen LogP contribution is 2.23. The summed E-state index contributed by atoms with van der Waals surface area (Å²) in [5.41, 5.74) is 0.830. The molecule has 2 rings (SSSR count). The summed E-state index contributed by atoms with van der Waals surface area (Å²) in [4.78, 5) is 14.7. The molecule has 1 saturated heterocycles. The molecule has 2 atom stereocenters. The molecule has 98 valence electrons. The number of hydrogen-bond acceptors (Lipinski definition) is 3. The molecule has 1 fully saturated rings. The maximum Gasteiger partial charge on any atom is 0.179 e. The lowest BCUT2D eigenvalue weighted by Crippen LogP contribution is -2.46. The van der Waals surface area contributed by atoms with Crippen molar-refractivity contribution in [3.63, 3.8) is 0 Å². The van der Waals surface area contributed by atoms with Gasteiger partial charge >= 0.3 is 0 Å². The second-order valence-corrected chi connectivity index (χ2v) is 6.21. The van der Waals surface area contributed by atoms with E-state index in [1.165, 1.54) is 6.42 Å². The van der Waals surface area contributed by atoms with E-state index >= 15 is 0 Å². The Bertz CT molecular complexity index is 393. The summed E-state index contributed by atoms with van der Waals surface area (Å²) in [6, 6.07) is 9.64. The first-order valence-corrected chi connectivity index (χ1v) is 7.72. The molecule has 1 heterocycles. The van der Waals surface area contributed by atoms with E-state index in [1.807, 2.05) is 49.0 Å². The van der Waals surface area contributed by atoms with E-state index < -0.39 is 0 Å². The normalized spacial score (nSPS) is 22.7. The van der Waals surface area contributed by atoms with Gasteiger partial charge in [0.25, 0.3) is 0 Å². The molecule has 0 spiro atoms. The molecule has 0 bridgehead atoms. The number of hydrogen-bond donors (Lipinski definition) is 0. The molecule has 18 heavy (non-hydrogen) atoms. The Kier molecular flexibility index (Phi) is 4.84. The van der Waals surface area contributed by atoms with E-state index in [2.05, 4.69) is 11.8 Å². The van der Waals surface area contributed by atoms with Crippen molar-refractivity contribution in [2.75, 3.05) is 18.8 Å². The predicted molar refractivity (Wildman–Crippen MR) is 78.3 cm³/mol. The molecule has 0 saturated carbocycles. The van der Waals surface area contributed by atoms with E-state index in [1.54, 1.807) is 0 Å². The van der Waals surface area contributed by atoms with Crippen LogP contribution in [0.4, 0.5) is 0 Å². The molecule has 3 heteroatoms. The minimum Gasteiger partial charge on any atom is -0.292 e. The van der Waals surface area contributed by atoms with Gasteiger partial charge in [0.2, 0.25) is 0 Å². The van der Waals surface area contributed by atoms with Gasteiger partial charge in [-0.25, -0.2) is 0 Å². The lowest BCUT2D eigenvalue weighted by molar-refractivity contribution is 0.0842. The van der Waals surface area contributed by atoms with Crippen molar-refractivity contribution < 1.29 is 4.79 Å². The molecule has 1 aliphatic rings. The van der Waals surface area contributed by atoms with E-state index in [-0.39, 0.29) is 11.8 Å². The molecule has 0 aliphatic carbocycles. The average Bonchev–Trinajstić information content (AvgIpc) is 2.46. The summed E-state index contributed by atoms with van der Waals surface area (Å²) in [5, 5.41) is 0.685. The van der Waals surface area contributed by atoms with E-state index in [4.69, 9.17) is 0 Å². The quantitative estimate of drug-likeness (QED) is 0.779. The van der Waals surface area contributed by atoms with Crippen LogP contribution in [-0.2, 0) is 0 Å². The van der Waals surface area contributed by atoms with Gasteiger partial charge in [0, 0.05) is 29.7 Å². The van der Waals surface area contributed by atoms with Crippen LogP contribution in [0.1, 0.15) is 30.6 Å². The minimum absolute atomic E-state index is 0.00218. The molecule has 1 aromatic rings. The Balaban J connectivity index is 2.02. The molecule has 1 aliphatic heterocycles. The number of thioether (sulfide) groups is 1. The van der Waals surface area contributed by atoms with Crippen LogP contribution in [0.5, 0.6) is 0 Å². The Labute approximate surface area is 114 Å². The molecule has 1 aromatic carbocycles. The van der Waals surface area contributed by atoms with Crippen molar-refractivity contribution in [1.29, 1.82) is 0 Å². The van der Waals surface area contributed by atoms with Gasteiger partial charge in [-0.3, -0.25) is 9.69 Å². The van der Waals surface area contributed by atoms with Gasteiger partial charge in [-0.05, 0) is 13.3 Å².